The molecule has 13 heavy (non-hydrogen) atoms. The number of nitrogens with two attached hydrogens (primary N) is 2. The fourth-order valence-corrected chi connectivity index (χ4v) is 0.900. The van der Waals surface area contributed by atoms with Crippen molar-refractivity contribution in [2.24, 2.45) is 11.5 Å². The summed E-state index contributed by atoms with van der Waals surface area (Å²) in [5, 5.41) is 0. The molecule has 1 atom stereocenters. The molecule has 0 saturated heterocycles. The van der Waals surface area contributed by atoms with E-state index in [-0.39, 0.29) is 6.54 Å². The van der Waals surface area contributed by atoms with Gasteiger partial charge in [0.1, 0.15) is 0 Å². The van der Waals surface area contributed by atoms with Crippen molar-refractivity contribution >= 4 is 5.97 Å². The van der Waals surface area contributed by atoms with E-state index in [2.05, 4.69) is 0 Å². The Morgan fingerprint density at radius 2 is 2.00 bits per heavy atom. The molecule has 70 valence electrons. The highest BCUT2D eigenvalue weighted by atomic mass is 16.6. The summed E-state index contributed by atoms with van der Waals surface area (Å²) in [5.74, 6) is -0.503. The van der Waals surface area contributed by atoms with Crippen LogP contribution in [-0.2, 0) is 9.53 Å². The zero-order valence-electron chi connectivity index (χ0n) is 7.14. The summed E-state index contributed by atoms with van der Waals surface area (Å²) in [5.41, 5.74) is 11.4. The molecule has 1 rings (SSSR count). The number of esters is 1. The fraction of sp³-hybridized carbons (Fsp3) is 0.222. The number of rotatable bonds is 3. The molecule has 0 aliphatic carbocycles. The van der Waals surface area contributed by atoms with Crippen LogP contribution >= 0.6 is 0 Å². The van der Waals surface area contributed by atoms with E-state index in [9.17, 15) is 4.79 Å². The molecule has 0 aromatic heterocycles. The second kappa shape index (κ2) is 4.59. The first kappa shape index (κ1) is 9.70. The number of hydrogen-bond donors (Lipinski definition) is 2. The van der Waals surface area contributed by atoms with Gasteiger partial charge in [0.05, 0.1) is 6.54 Å². The largest absolute Gasteiger partial charge is 0.442 e. The van der Waals surface area contributed by atoms with Gasteiger partial charge < -0.3 is 10.5 Å². The van der Waals surface area contributed by atoms with Crippen LogP contribution in [0.3, 0.4) is 0 Å². The van der Waals surface area contributed by atoms with E-state index in [0.717, 1.165) is 5.56 Å². The van der Waals surface area contributed by atoms with Crippen LogP contribution in [0.5, 0.6) is 0 Å². The van der Waals surface area contributed by atoms with Crippen molar-refractivity contribution in [3.8, 4) is 0 Å². The van der Waals surface area contributed by atoms with Crippen LogP contribution in [0.25, 0.3) is 0 Å². The Bertz CT molecular complexity index is 274. The van der Waals surface area contributed by atoms with Gasteiger partial charge in [-0.15, -0.1) is 0 Å². The second-order valence-electron chi connectivity index (χ2n) is 2.53. The van der Waals surface area contributed by atoms with Crippen LogP contribution < -0.4 is 11.5 Å². The standard InChI is InChI=1S/C9H12N2O2/c10-6-8(12)13-9(11)7-4-2-1-3-5-7/h1-5,9H,6,10-11H2. The maximum atomic E-state index is 10.8. The smallest absolute Gasteiger partial charge is 0.321 e. The molecular weight excluding hydrogens is 168 g/mol. The maximum Gasteiger partial charge on any atom is 0.321 e. The third kappa shape index (κ3) is 2.85. The minimum atomic E-state index is -0.725. The molecule has 0 aliphatic rings. The molecule has 4 heteroatoms. The molecule has 0 aliphatic heterocycles. The van der Waals surface area contributed by atoms with Crippen molar-refractivity contribution in [2.45, 2.75) is 6.23 Å². The van der Waals surface area contributed by atoms with Gasteiger partial charge in [-0.25, -0.2) is 0 Å². The van der Waals surface area contributed by atoms with Gasteiger partial charge in [-0.3, -0.25) is 10.5 Å². The third-order valence-corrected chi connectivity index (χ3v) is 1.55. The lowest BCUT2D eigenvalue weighted by Crippen LogP contribution is -2.24. The average molecular weight is 180 g/mol. The molecule has 0 saturated carbocycles. The number of carbonyl (C=O) groups is 1. The maximum absolute atomic E-state index is 10.8. The van der Waals surface area contributed by atoms with Crippen LogP contribution in [-0.4, -0.2) is 12.5 Å². The summed E-state index contributed by atoms with van der Waals surface area (Å²) in [6, 6.07) is 9.08. The molecular formula is C9H12N2O2. The third-order valence-electron chi connectivity index (χ3n) is 1.55. The zero-order valence-corrected chi connectivity index (χ0v) is 7.14. The van der Waals surface area contributed by atoms with Crippen molar-refractivity contribution in [3.63, 3.8) is 0 Å². The summed E-state index contributed by atoms with van der Waals surface area (Å²) in [4.78, 5) is 10.8. The van der Waals surface area contributed by atoms with Crippen LogP contribution in [0, 0.1) is 0 Å². The Hall–Kier alpha value is -1.39. The molecule has 0 heterocycles. The van der Waals surface area contributed by atoms with Crippen LogP contribution in [0.15, 0.2) is 30.3 Å². The molecule has 0 fully saturated rings. The number of hydrogen-bond acceptors (Lipinski definition) is 4. The van der Waals surface area contributed by atoms with Gasteiger partial charge in [-0.1, -0.05) is 30.3 Å². The minimum Gasteiger partial charge on any atom is -0.442 e. The van der Waals surface area contributed by atoms with Gasteiger partial charge in [0.15, 0.2) is 6.23 Å². The Labute approximate surface area is 76.5 Å². The Morgan fingerprint density at radius 1 is 1.38 bits per heavy atom. The van der Waals surface area contributed by atoms with E-state index < -0.39 is 12.2 Å². The van der Waals surface area contributed by atoms with Gasteiger partial charge in [-0.2, -0.15) is 0 Å². The molecule has 1 aromatic carbocycles. The molecule has 1 aromatic rings. The Balaban J connectivity index is 2.59. The van der Waals surface area contributed by atoms with E-state index in [1.54, 1.807) is 12.1 Å². The lowest BCUT2D eigenvalue weighted by Gasteiger charge is -2.12. The fourth-order valence-electron chi connectivity index (χ4n) is 0.900. The monoisotopic (exact) mass is 180 g/mol. The minimum absolute atomic E-state index is 0.152. The first-order valence-corrected chi connectivity index (χ1v) is 3.94. The van der Waals surface area contributed by atoms with Crippen molar-refractivity contribution in [3.05, 3.63) is 35.9 Å². The molecule has 0 bridgehead atoms. The van der Waals surface area contributed by atoms with Crippen LogP contribution in [0.2, 0.25) is 0 Å². The predicted octanol–water partition coefficient (Wildman–Crippen LogP) is 0.146. The zero-order chi connectivity index (χ0) is 9.68. The lowest BCUT2D eigenvalue weighted by atomic mass is 10.2. The van der Waals surface area contributed by atoms with E-state index in [4.69, 9.17) is 16.2 Å². The molecule has 4 nitrogen and oxygen atoms in total. The number of carbonyl (C=O) groups excluding carboxylic acids is 1. The van der Waals surface area contributed by atoms with Gasteiger partial charge in [-0.05, 0) is 0 Å². The highest BCUT2D eigenvalue weighted by Gasteiger charge is 2.09. The van der Waals surface area contributed by atoms with Gasteiger partial charge in [0, 0.05) is 5.56 Å². The topological polar surface area (TPSA) is 78.3 Å². The van der Waals surface area contributed by atoms with E-state index >= 15 is 0 Å². The summed E-state index contributed by atoms with van der Waals surface area (Å²) < 4.78 is 4.80. The van der Waals surface area contributed by atoms with Crippen LogP contribution in [0.4, 0.5) is 0 Å². The molecule has 0 amide bonds. The van der Waals surface area contributed by atoms with Crippen molar-refractivity contribution in [1.82, 2.24) is 0 Å². The van der Waals surface area contributed by atoms with E-state index in [0.29, 0.717) is 0 Å². The SMILES string of the molecule is NCC(=O)OC(N)c1ccccc1. The number of ether oxygens (including phenoxy) is 1. The summed E-state index contributed by atoms with van der Waals surface area (Å²) in [6.07, 6.45) is -0.725. The van der Waals surface area contributed by atoms with E-state index in [1.165, 1.54) is 0 Å². The summed E-state index contributed by atoms with van der Waals surface area (Å²) >= 11 is 0. The lowest BCUT2D eigenvalue weighted by molar-refractivity contribution is -0.147. The van der Waals surface area contributed by atoms with Gasteiger partial charge >= 0.3 is 5.97 Å². The highest BCUT2D eigenvalue weighted by molar-refractivity contribution is 5.71. The summed E-state index contributed by atoms with van der Waals surface area (Å²) in [7, 11) is 0. The normalized spacial score (nSPS) is 12.2. The van der Waals surface area contributed by atoms with Crippen LogP contribution in [0.1, 0.15) is 11.8 Å². The Kier molecular flexibility index (Phi) is 3.42. The second-order valence-corrected chi connectivity index (χ2v) is 2.53. The highest BCUT2D eigenvalue weighted by Crippen LogP contribution is 2.10. The number of benzene rings is 1. The quantitative estimate of drug-likeness (QED) is 0.512. The molecule has 1 unspecified atom stereocenters. The molecule has 0 spiro atoms. The van der Waals surface area contributed by atoms with Crippen molar-refractivity contribution in [2.75, 3.05) is 6.54 Å². The first-order chi connectivity index (χ1) is 6.24. The first-order valence-electron chi connectivity index (χ1n) is 3.94. The van der Waals surface area contributed by atoms with Gasteiger partial charge in [0.2, 0.25) is 0 Å². The molecule has 0 radical (unpaired) electrons. The van der Waals surface area contributed by atoms with Crippen molar-refractivity contribution in [1.29, 1.82) is 0 Å². The average Bonchev–Trinajstić information content (AvgIpc) is 2.19. The van der Waals surface area contributed by atoms with E-state index in [1.807, 2.05) is 18.2 Å². The predicted molar refractivity (Wildman–Crippen MR) is 48.5 cm³/mol. The summed E-state index contributed by atoms with van der Waals surface area (Å²) in [6.45, 7) is -0.152. The molecule has 4 N–H and O–H groups in total. The van der Waals surface area contributed by atoms with Crippen molar-refractivity contribution < 1.29 is 9.53 Å². The Morgan fingerprint density at radius 3 is 2.54 bits per heavy atom. The van der Waals surface area contributed by atoms with Gasteiger partial charge in [0.25, 0.3) is 0 Å².